The van der Waals surface area contributed by atoms with Gasteiger partial charge in [-0.05, 0) is 12.8 Å². The van der Waals surface area contributed by atoms with E-state index in [2.05, 4.69) is 18.9 Å². The van der Waals surface area contributed by atoms with Gasteiger partial charge >= 0.3 is 0 Å². The summed E-state index contributed by atoms with van der Waals surface area (Å²) in [5.41, 5.74) is 5.72. The summed E-state index contributed by atoms with van der Waals surface area (Å²) in [6, 6.07) is 0.373. The lowest BCUT2D eigenvalue weighted by Crippen LogP contribution is -2.11. The van der Waals surface area contributed by atoms with Gasteiger partial charge in [-0.1, -0.05) is 25.4 Å². The van der Waals surface area contributed by atoms with Crippen LogP contribution in [0.2, 0.25) is 5.02 Å². The molecule has 0 radical (unpaired) electrons. The van der Waals surface area contributed by atoms with Gasteiger partial charge in [0.05, 0.1) is 12.2 Å². The normalized spacial score (nSPS) is 11.0. The molecule has 0 fully saturated rings. The Morgan fingerprint density at radius 3 is 2.50 bits per heavy atom. The van der Waals surface area contributed by atoms with E-state index in [1.165, 1.54) is 0 Å². The molecule has 0 bridgehead atoms. The molecule has 0 saturated heterocycles. The van der Waals surface area contributed by atoms with E-state index < -0.39 is 0 Å². The van der Waals surface area contributed by atoms with Gasteiger partial charge in [0.1, 0.15) is 10.8 Å². The van der Waals surface area contributed by atoms with Crippen LogP contribution in [0.1, 0.15) is 32.7 Å². The molecule has 2 N–H and O–H groups in total. The highest BCUT2D eigenvalue weighted by Gasteiger charge is 2.11. The minimum atomic E-state index is 0.373. The van der Waals surface area contributed by atoms with E-state index in [1.54, 1.807) is 10.9 Å². The number of hydrogen-bond acceptors (Lipinski definition) is 2. The monoisotopic (exact) mass is 187 g/mol. The molecule has 1 aromatic rings. The van der Waals surface area contributed by atoms with E-state index in [0.29, 0.717) is 16.9 Å². The minimum Gasteiger partial charge on any atom is -0.383 e. The number of rotatable bonds is 3. The molecule has 0 spiro atoms. The lowest BCUT2D eigenvalue weighted by Gasteiger charge is -2.14. The molecule has 0 aliphatic carbocycles. The van der Waals surface area contributed by atoms with Gasteiger partial charge in [0.2, 0.25) is 0 Å². The number of aromatic nitrogens is 2. The topological polar surface area (TPSA) is 43.8 Å². The Hall–Kier alpha value is -0.700. The molecular weight excluding hydrogens is 174 g/mol. The summed E-state index contributed by atoms with van der Waals surface area (Å²) in [5, 5.41) is 4.66. The first-order valence-electron chi connectivity index (χ1n) is 4.19. The van der Waals surface area contributed by atoms with E-state index in [-0.39, 0.29) is 0 Å². The highest BCUT2D eigenvalue weighted by Crippen LogP contribution is 2.24. The van der Waals surface area contributed by atoms with E-state index in [4.69, 9.17) is 17.3 Å². The van der Waals surface area contributed by atoms with Gasteiger partial charge in [0.25, 0.3) is 0 Å². The van der Waals surface area contributed by atoms with E-state index >= 15 is 0 Å². The van der Waals surface area contributed by atoms with Gasteiger partial charge in [0.15, 0.2) is 0 Å². The number of anilines is 1. The van der Waals surface area contributed by atoms with Crippen LogP contribution in [0.15, 0.2) is 6.20 Å². The van der Waals surface area contributed by atoms with Crippen molar-refractivity contribution in [3.63, 3.8) is 0 Å². The summed E-state index contributed by atoms with van der Waals surface area (Å²) in [4.78, 5) is 0. The predicted molar refractivity (Wildman–Crippen MR) is 51.3 cm³/mol. The molecule has 3 nitrogen and oxygen atoms in total. The summed E-state index contributed by atoms with van der Waals surface area (Å²) in [7, 11) is 0. The maximum absolute atomic E-state index is 5.78. The van der Waals surface area contributed by atoms with Crippen LogP contribution in [0, 0.1) is 0 Å². The van der Waals surface area contributed by atoms with Crippen molar-refractivity contribution in [1.29, 1.82) is 0 Å². The minimum absolute atomic E-state index is 0.373. The first kappa shape index (κ1) is 9.39. The third-order valence-corrected chi connectivity index (χ3v) is 2.37. The average Bonchev–Trinajstić information content (AvgIpc) is 2.38. The zero-order valence-corrected chi connectivity index (χ0v) is 8.17. The summed E-state index contributed by atoms with van der Waals surface area (Å²) < 4.78 is 1.79. The molecule has 0 aliphatic heterocycles. The Morgan fingerprint density at radius 1 is 1.58 bits per heavy atom. The molecule has 0 saturated carbocycles. The lowest BCUT2D eigenvalue weighted by atomic mass is 10.2. The molecule has 0 unspecified atom stereocenters. The molecule has 68 valence electrons. The second-order valence-corrected chi connectivity index (χ2v) is 3.20. The van der Waals surface area contributed by atoms with Crippen molar-refractivity contribution in [2.75, 3.05) is 5.73 Å². The predicted octanol–water partition coefficient (Wildman–Crippen LogP) is 2.48. The van der Waals surface area contributed by atoms with Gasteiger partial charge < -0.3 is 5.73 Å². The molecule has 0 atom stereocenters. The lowest BCUT2D eigenvalue weighted by molar-refractivity contribution is 0.434. The maximum atomic E-state index is 5.78. The smallest absolute Gasteiger partial charge is 0.140 e. The van der Waals surface area contributed by atoms with Crippen LogP contribution < -0.4 is 5.73 Å². The van der Waals surface area contributed by atoms with Gasteiger partial charge in [-0.15, -0.1) is 0 Å². The van der Waals surface area contributed by atoms with Crippen LogP contribution in [-0.4, -0.2) is 9.78 Å². The van der Waals surface area contributed by atoms with Crippen molar-refractivity contribution in [2.24, 2.45) is 0 Å². The van der Waals surface area contributed by atoms with Crippen molar-refractivity contribution in [3.05, 3.63) is 11.2 Å². The number of nitrogen functional groups attached to an aromatic ring is 1. The molecule has 12 heavy (non-hydrogen) atoms. The van der Waals surface area contributed by atoms with Gasteiger partial charge in [-0.25, -0.2) is 4.68 Å². The fraction of sp³-hybridized carbons (Fsp3) is 0.625. The third kappa shape index (κ3) is 1.55. The number of halogens is 1. The van der Waals surface area contributed by atoms with Gasteiger partial charge in [0, 0.05) is 0 Å². The Morgan fingerprint density at radius 2 is 2.17 bits per heavy atom. The van der Waals surface area contributed by atoms with Gasteiger partial charge in [-0.2, -0.15) is 5.10 Å². The molecule has 1 heterocycles. The van der Waals surface area contributed by atoms with Crippen molar-refractivity contribution >= 4 is 17.4 Å². The summed E-state index contributed by atoms with van der Waals surface area (Å²) in [5.74, 6) is 0.574. The van der Waals surface area contributed by atoms with Crippen molar-refractivity contribution in [3.8, 4) is 0 Å². The zero-order valence-electron chi connectivity index (χ0n) is 7.42. The first-order valence-corrected chi connectivity index (χ1v) is 4.57. The SMILES string of the molecule is CCC(CC)n1ncc(Cl)c1N. The molecule has 0 aliphatic rings. The van der Waals surface area contributed by atoms with Crippen LogP contribution in [0.4, 0.5) is 5.82 Å². The van der Waals surface area contributed by atoms with Crippen LogP contribution in [-0.2, 0) is 0 Å². The number of nitrogens with zero attached hydrogens (tertiary/aromatic N) is 2. The molecule has 4 heteroatoms. The van der Waals surface area contributed by atoms with E-state index in [9.17, 15) is 0 Å². The highest BCUT2D eigenvalue weighted by molar-refractivity contribution is 6.32. The zero-order chi connectivity index (χ0) is 9.14. The fourth-order valence-electron chi connectivity index (χ4n) is 1.28. The number of hydrogen-bond donors (Lipinski definition) is 1. The average molecular weight is 188 g/mol. The van der Waals surface area contributed by atoms with Crippen molar-refractivity contribution in [1.82, 2.24) is 9.78 Å². The Bertz CT molecular complexity index is 253. The van der Waals surface area contributed by atoms with Gasteiger partial charge in [-0.3, -0.25) is 0 Å². The highest BCUT2D eigenvalue weighted by atomic mass is 35.5. The molecule has 0 aromatic carbocycles. The van der Waals surface area contributed by atoms with E-state index in [1.807, 2.05) is 0 Å². The van der Waals surface area contributed by atoms with Crippen LogP contribution in [0.25, 0.3) is 0 Å². The second kappa shape index (κ2) is 3.81. The summed E-state index contributed by atoms with van der Waals surface area (Å²) in [6.45, 7) is 4.23. The third-order valence-electron chi connectivity index (χ3n) is 2.08. The number of nitrogens with two attached hydrogens (primary N) is 1. The van der Waals surface area contributed by atoms with Crippen molar-refractivity contribution < 1.29 is 0 Å². The second-order valence-electron chi connectivity index (χ2n) is 2.79. The summed E-state index contributed by atoms with van der Waals surface area (Å²) in [6.07, 6.45) is 3.65. The summed E-state index contributed by atoms with van der Waals surface area (Å²) >= 11 is 5.78. The molecule has 1 rings (SSSR count). The van der Waals surface area contributed by atoms with Crippen LogP contribution in [0.3, 0.4) is 0 Å². The maximum Gasteiger partial charge on any atom is 0.140 e. The largest absolute Gasteiger partial charge is 0.383 e. The molecular formula is C8H14ClN3. The van der Waals surface area contributed by atoms with Crippen molar-refractivity contribution in [2.45, 2.75) is 32.7 Å². The Kier molecular flexibility index (Phi) is 2.98. The standard InChI is InChI=1S/C8H14ClN3/c1-3-6(4-2)12-8(10)7(9)5-11-12/h5-6H,3-4,10H2,1-2H3. The van der Waals surface area contributed by atoms with E-state index in [0.717, 1.165) is 12.8 Å². The Balaban J connectivity index is 2.93. The first-order chi connectivity index (χ1) is 5.70. The molecule has 1 aromatic heterocycles. The fourth-order valence-corrected chi connectivity index (χ4v) is 1.41. The van der Waals surface area contributed by atoms with Crippen LogP contribution >= 0.6 is 11.6 Å². The Labute approximate surface area is 77.5 Å². The quantitative estimate of drug-likeness (QED) is 0.790. The molecule has 0 amide bonds. The van der Waals surface area contributed by atoms with Crippen LogP contribution in [0.5, 0.6) is 0 Å².